The van der Waals surface area contributed by atoms with E-state index in [1.807, 2.05) is 33.8 Å². The highest BCUT2D eigenvalue weighted by Gasteiger charge is 2.19. The van der Waals surface area contributed by atoms with Crippen LogP contribution in [0.5, 0.6) is 0 Å². The Morgan fingerprint density at radius 1 is 0.656 bits per heavy atom. The summed E-state index contributed by atoms with van der Waals surface area (Å²) in [5, 5.41) is 8.58. The molecule has 3 amide bonds. The van der Waals surface area contributed by atoms with Gasteiger partial charge in [0.25, 0.3) is 17.7 Å². The highest BCUT2D eigenvalue weighted by atomic mass is 16.2. The highest BCUT2D eigenvalue weighted by Crippen LogP contribution is 2.21. The maximum atomic E-state index is 12.9. The van der Waals surface area contributed by atoms with E-state index in [-0.39, 0.29) is 17.7 Å². The summed E-state index contributed by atoms with van der Waals surface area (Å²) in [5.41, 5.74) is 2.65. The molecule has 0 aromatic heterocycles. The van der Waals surface area contributed by atoms with Gasteiger partial charge < -0.3 is 16.0 Å². The van der Waals surface area contributed by atoms with E-state index in [2.05, 4.69) is 16.0 Å². The topological polar surface area (TPSA) is 87.3 Å². The van der Waals surface area contributed by atoms with Crippen molar-refractivity contribution in [1.82, 2.24) is 5.32 Å². The summed E-state index contributed by atoms with van der Waals surface area (Å²) in [4.78, 5) is 38.1. The Kier molecular flexibility index (Phi) is 6.73. The summed E-state index contributed by atoms with van der Waals surface area (Å²) in [5.74, 6) is -0.903. The molecule has 0 spiro atoms. The van der Waals surface area contributed by atoms with E-state index in [1.165, 1.54) is 0 Å². The Labute approximate surface area is 188 Å². The predicted molar refractivity (Wildman–Crippen MR) is 127 cm³/mol. The normalized spacial score (nSPS) is 10.9. The number of carbonyl (C=O) groups is 3. The van der Waals surface area contributed by atoms with Crippen LogP contribution in [0.3, 0.4) is 0 Å². The first-order chi connectivity index (χ1) is 15.1. The number of carbonyl (C=O) groups excluding carboxylic acids is 3. The maximum Gasteiger partial charge on any atom is 0.255 e. The Morgan fingerprint density at radius 3 is 1.94 bits per heavy atom. The third-order valence-corrected chi connectivity index (χ3v) is 4.69. The molecule has 32 heavy (non-hydrogen) atoms. The number of hydrogen-bond donors (Lipinski definition) is 3. The fraction of sp³-hybridized carbons (Fsp3) is 0.192. The first-order valence-corrected chi connectivity index (χ1v) is 10.3. The molecule has 3 rings (SSSR count). The third kappa shape index (κ3) is 5.82. The van der Waals surface area contributed by atoms with Crippen molar-refractivity contribution in [3.63, 3.8) is 0 Å². The second-order valence-corrected chi connectivity index (χ2v) is 8.55. The van der Waals surface area contributed by atoms with Crippen molar-refractivity contribution in [3.05, 3.63) is 95.1 Å². The molecule has 6 nitrogen and oxygen atoms in total. The zero-order valence-corrected chi connectivity index (χ0v) is 18.7. The lowest BCUT2D eigenvalue weighted by molar-refractivity contribution is 0.0919. The molecular weight excluding hydrogens is 402 g/mol. The van der Waals surface area contributed by atoms with Gasteiger partial charge >= 0.3 is 0 Å². The molecule has 0 saturated heterocycles. The lowest BCUT2D eigenvalue weighted by Crippen LogP contribution is -2.40. The van der Waals surface area contributed by atoms with E-state index >= 15 is 0 Å². The SMILES string of the molecule is Cc1ccc(C(=O)Nc2ccccc2C(=O)NC(C)(C)C)cc1NC(=O)c1ccccc1. The molecule has 0 aliphatic heterocycles. The number of hydrogen-bond acceptors (Lipinski definition) is 3. The minimum Gasteiger partial charge on any atom is -0.347 e. The van der Waals surface area contributed by atoms with E-state index in [1.54, 1.807) is 66.7 Å². The largest absolute Gasteiger partial charge is 0.347 e. The fourth-order valence-electron chi connectivity index (χ4n) is 3.07. The number of amides is 3. The van der Waals surface area contributed by atoms with Gasteiger partial charge in [0.15, 0.2) is 0 Å². The number of benzene rings is 3. The van der Waals surface area contributed by atoms with Gasteiger partial charge in [-0.05, 0) is 69.7 Å². The van der Waals surface area contributed by atoms with Gasteiger partial charge in [-0.25, -0.2) is 0 Å². The molecule has 3 N–H and O–H groups in total. The van der Waals surface area contributed by atoms with Crippen molar-refractivity contribution in [2.24, 2.45) is 0 Å². The summed E-state index contributed by atoms with van der Waals surface area (Å²) in [6.07, 6.45) is 0. The average Bonchev–Trinajstić information content (AvgIpc) is 2.75. The molecule has 0 aliphatic carbocycles. The number of anilines is 2. The zero-order valence-electron chi connectivity index (χ0n) is 18.7. The van der Waals surface area contributed by atoms with E-state index in [9.17, 15) is 14.4 Å². The average molecular weight is 430 g/mol. The maximum absolute atomic E-state index is 12.9. The van der Waals surface area contributed by atoms with Crippen LogP contribution < -0.4 is 16.0 Å². The summed E-state index contributed by atoms with van der Waals surface area (Å²) < 4.78 is 0. The minimum absolute atomic E-state index is 0.254. The van der Waals surface area contributed by atoms with E-state index in [4.69, 9.17) is 0 Å². The van der Waals surface area contributed by atoms with Crippen LogP contribution in [-0.2, 0) is 0 Å². The highest BCUT2D eigenvalue weighted by molar-refractivity contribution is 6.10. The molecule has 0 aliphatic rings. The van der Waals surface area contributed by atoms with E-state index in [0.717, 1.165) is 5.56 Å². The molecule has 0 atom stereocenters. The second kappa shape index (κ2) is 9.47. The van der Waals surface area contributed by atoms with Gasteiger partial charge in [0.05, 0.1) is 11.3 Å². The van der Waals surface area contributed by atoms with Crippen molar-refractivity contribution in [1.29, 1.82) is 0 Å². The van der Waals surface area contributed by atoms with Gasteiger partial charge in [-0.3, -0.25) is 14.4 Å². The number of rotatable bonds is 5. The monoisotopic (exact) mass is 429 g/mol. The van der Waals surface area contributed by atoms with Crippen molar-refractivity contribution < 1.29 is 14.4 Å². The minimum atomic E-state index is -0.406. The van der Waals surface area contributed by atoms with Crippen LogP contribution in [0.2, 0.25) is 0 Å². The molecule has 6 heteroatoms. The molecule has 0 heterocycles. The van der Waals surface area contributed by atoms with E-state index < -0.39 is 5.54 Å². The van der Waals surface area contributed by atoms with Crippen LogP contribution in [0.15, 0.2) is 72.8 Å². The lowest BCUT2D eigenvalue weighted by atomic mass is 10.1. The van der Waals surface area contributed by atoms with Crippen molar-refractivity contribution in [2.45, 2.75) is 33.2 Å². The first kappa shape index (κ1) is 22.7. The van der Waals surface area contributed by atoms with Crippen molar-refractivity contribution in [3.8, 4) is 0 Å². The Bertz CT molecular complexity index is 1150. The molecule has 0 fully saturated rings. The van der Waals surface area contributed by atoms with Gasteiger partial charge in [-0.2, -0.15) is 0 Å². The summed E-state index contributed by atoms with van der Waals surface area (Å²) >= 11 is 0. The predicted octanol–water partition coefficient (Wildman–Crippen LogP) is 5.03. The third-order valence-electron chi connectivity index (χ3n) is 4.69. The van der Waals surface area contributed by atoms with Crippen molar-refractivity contribution >= 4 is 29.1 Å². The van der Waals surface area contributed by atoms with Crippen LogP contribution in [0.4, 0.5) is 11.4 Å². The molecule has 164 valence electrons. The van der Waals surface area contributed by atoms with Gasteiger partial charge in [0.1, 0.15) is 0 Å². The molecule has 0 saturated carbocycles. The van der Waals surface area contributed by atoms with Gasteiger partial charge in [-0.15, -0.1) is 0 Å². The number of aryl methyl sites for hydroxylation is 1. The molecule has 3 aromatic carbocycles. The molecule has 3 aromatic rings. The summed E-state index contributed by atoms with van der Waals surface area (Å²) in [6.45, 7) is 7.53. The van der Waals surface area contributed by atoms with Crippen molar-refractivity contribution in [2.75, 3.05) is 10.6 Å². The van der Waals surface area contributed by atoms with Crippen LogP contribution in [0, 0.1) is 6.92 Å². The lowest BCUT2D eigenvalue weighted by Gasteiger charge is -2.21. The molecule has 0 unspecified atom stereocenters. The Balaban J connectivity index is 1.80. The van der Waals surface area contributed by atoms with Crippen LogP contribution in [0.25, 0.3) is 0 Å². The van der Waals surface area contributed by atoms with Gasteiger partial charge in [-0.1, -0.05) is 36.4 Å². The first-order valence-electron chi connectivity index (χ1n) is 10.3. The summed E-state index contributed by atoms with van der Waals surface area (Å²) in [6, 6.07) is 20.8. The summed E-state index contributed by atoms with van der Waals surface area (Å²) in [7, 11) is 0. The second-order valence-electron chi connectivity index (χ2n) is 8.55. The van der Waals surface area contributed by atoms with Gasteiger partial charge in [0, 0.05) is 22.4 Å². The Morgan fingerprint density at radius 2 is 1.25 bits per heavy atom. The zero-order chi connectivity index (χ0) is 23.3. The van der Waals surface area contributed by atoms with Crippen LogP contribution >= 0.6 is 0 Å². The molecular formula is C26H27N3O3. The Hall–Kier alpha value is -3.93. The van der Waals surface area contributed by atoms with Gasteiger partial charge in [0.2, 0.25) is 0 Å². The van der Waals surface area contributed by atoms with E-state index in [0.29, 0.717) is 28.1 Å². The van der Waals surface area contributed by atoms with Crippen LogP contribution in [-0.4, -0.2) is 23.3 Å². The molecule has 0 radical (unpaired) electrons. The smallest absolute Gasteiger partial charge is 0.255 e. The fourth-order valence-corrected chi connectivity index (χ4v) is 3.07. The molecule has 0 bridgehead atoms. The standard InChI is InChI=1S/C26H27N3O3/c1-17-14-15-19(16-22(17)28-23(30)18-10-6-5-7-11-18)24(31)27-21-13-9-8-12-20(21)25(32)29-26(2,3)4/h5-16H,1-4H3,(H,27,31)(H,28,30)(H,29,32). The quantitative estimate of drug-likeness (QED) is 0.532. The number of para-hydroxylation sites is 1. The van der Waals surface area contributed by atoms with Crippen LogP contribution in [0.1, 0.15) is 57.4 Å². The number of nitrogens with one attached hydrogen (secondary N) is 3.